The van der Waals surface area contributed by atoms with E-state index in [4.69, 9.17) is 33.2 Å². The lowest BCUT2D eigenvalue weighted by Gasteiger charge is -2.28. The Morgan fingerprint density at radius 2 is 1.63 bits per heavy atom. The van der Waals surface area contributed by atoms with Gasteiger partial charge in [0.2, 0.25) is 5.78 Å². The minimum absolute atomic E-state index is 0.0140. The van der Waals surface area contributed by atoms with Crippen molar-refractivity contribution in [2.75, 3.05) is 35.0 Å². The quantitative estimate of drug-likeness (QED) is 0.141. The van der Waals surface area contributed by atoms with E-state index >= 15 is 0 Å². The highest BCUT2D eigenvalue weighted by Gasteiger charge is 2.40. The van der Waals surface area contributed by atoms with Gasteiger partial charge in [-0.05, 0) is 42.8 Å². The SMILES string of the molecule is C=C(C)COc1c(OC)cccc1[C@H]1CC(=O)Oc2ccc3c(c21)O/C(=C\c1cc(OC)c(OC)cc1OC)C3=O. The number of carbonyl (C=O) groups is 2. The Balaban J connectivity index is 1.62. The van der Waals surface area contributed by atoms with Crippen LogP contribution in [0, 0.1) is 0 Å². The van der Waals surface area contributed by atoms with Gasteiger partial charge in [0.25, 0.3) is 0 Å². The van der Waals surface area contributed by atoms with Gasteiger partial charge in [-0.2, -0.15) is 0 Å². The number of allylic oxidation sites excluding steroid dienone is 1. The van der Waals surface area contributed by atoms with Crippen molar-refractivity contribution in [2.45, 2.75) is 19.3 Å². The normalized spacial score (nSPS) is 16.3. The molecule has 0 bridgehead atoms. The maximum absolute atomic E-state index is 13.6. The van der Waals surface area contributed by atoms with Gasteiger partial charge in [-0.3, -0.25) is 9.59 Å². The van der Waals surface area contributed by atoms with Crippen molar-refractivity contribution in [1.29, 1.82) is 0 Å². The van der Waals surface area contributed by atoms with Crippen LogP contribution in [0.2, 0.25) is 0 Å². The van der Waals surface area contributed by atoms with Gasteiger partial charge in [-0.25, -0.2) is 0 Å². The van der Waals surface area contributed by atoms with Crippen molar-refractivity contribution >= 4 is 17.8 Å². The molecule has 0 aromatic heterocycles. The number of Topliss-reactive ketones (excluding diaryl/α,β-unsaturated/α-hetero) is 1. The van der Waals surface area contributed by atoms with Crippen molar-refractivity contribution in [3.63, 3.8) is 0 Å². The van der Waals surface area contributed by atoms with Crippen LogP contribution in [0.15, 0.2) is 60.4 Å². The Labute approximate surface area is 237 Å². The summed E-state index contributed by atoms with van der Waals surface area (Å²) in [5.41, 5.74) is 3.00. The van der Waals surface area contributed by atoms with Gasteiger partial charge in [0.1, 0.15) is 23.9 Å². The molecule has 2 heterocycles. The van der Waals surface area contributed by atoms with Gasteiger partial charge in [0.15, 0.2) is 28.8 Å². The monoisotopic (exact) mass is 558 g/mol. The molecule has 212 valence electrons. The average Bonchev–Trinajstić information content (AvgIpc) is 3.29. The van der Waals surface area contributed by atoms with Gasteiger partial charge in [-0.15, -0.1) is 0 Å². The number of carbonyl (C=O) groups excluding carboxylic acids is 2. The summed E-state index contributed by atoms with van der Waals surface area (Å²) in [7, 11) is 6.12. The molecule has 0 N–H and O–H groups in total. The van der Waals surface area contributed by atoms with Crippen LogP contribution in [-0.2, 0) is 4.79 Å². The molecule has 5 rings (SSSR count). The molecule has 3 aromatic rings. The predicted molar refractivity (Wildman–Crippen MR) is 151 cm³/mol. The molecule has 0 saturated carbocycles. The molecule has 0 radical (unpaired) electrons. The summed E-state index contributed by atoms with van der Waals surface area (Å²) in [6, 6.07) is 12.1. The first-order chi connectivity index (χ1) is 19.8. The molecular formula is C32H30O9. The van der Waals surface area contributed by atoms with Gasteiger partial charge in [-0.1, -0.05) is 18.7 Å². The summed E-state index contributed by atoms with van der Waals surface area (Å²) in [6.45, 7) is 6.04. The molecular weight excluding hydrogens is 528 g/mol. The average molecular weight is 559 g/mol. The van der Waals surface area contributed by atoms with E-state index in [9.17, 15) is 9.59 Å². The first-order valence-corrected chi connectivity index (χ1v) is 12.9. The number of benzene rings is 3. The minimum Gasteiger partial charge on any atom is -0.496 e. The van der Waals surface area contributed by atoms with Crippen LogP contribution in [0.5, 0.6) is 40.2 Å². The third-order valence-electron chi connectivity index (χ3n) is 6.87. The van der Waals surface area contributed by atoms with E-state index in [0.29, 0.717) is 62.5 Å². The van der Waals surface area contributed by atoms with E-state index in [0.717, 1.165) is 5.57 Å². The van der Waals surface area contributed by atoms with E-state index in [2.05, 4.69) is 6.58 Å². The largest absolute Gasteiger partial charge is 0.496 e. The molecule has 2 aliphatic heterocycles. The Bertz CT molecular complexity index is 1580. The Morgan fingerprint density at radius 1 is 0.927 bits per heavy atom. The second-order valence-electron chi connectivity index (χ2n) is 9.60. The number of rotatable bonds is 9. The summed E-state index contributed by atoms with van der Waals surface area (Å²) < 4.78 is 39.8. The van der Waals surface area contributed by atoms with Crippen LogP contribution in [-0.4, -0.2) is 46.8 Å². The van der Waals surface area contributed by atoms with E-state index in [1.165, 1.54) is 21.3 Å². The van der Waals surface area contributed by atoms with Crippen molar-refractivity contribution in [3.05, 3.63) is 82.6 Å². The van der Waals surface area contributed by atoms with E-state index in [-0.39, 0.29) is 24.6 Å². The molecule has 2 aliphatic rings. The first kappa shape index (κ1) is 27.6. The zero-order valence-corrected chi connectivity index (χ0v) is 23.5. The fourth-order valence-corrected chi connectivity index (χ4v) is 5.00. The third-order valence-corrected chi connectivity index (χ3v) is 6.87. The fraction of sp³-hybridized carbons (Fsp3) is 0.250. The molecule has 0 fully saturated rings. The molecule has 0 aliphatic carbocycles. The predicted octanol–water partition coefficient (Wildman–Crippen LogP) is 5.73. The van der Waals surface area contributed by atoms with E-state index < -0.39 is 11.9 Å². The van der Waals surface area contributed by atoms with Crippen LogP contribution >= 0.6 is 0 Å². The number of fused-ring (bicyclic) bond motifs is 3. The fourth-order valence-electron chi connectivity index (χ4n) is 5.00. The van der Waals surface area contributed by atoms with Crippen LogP contribution in [0.1, 0.15) is 46.3 Å². The number of esters is 1. The second kappa shape index (κ2) is 11.3. The molecule has 9 heteroatoms. The summed E-state index contributed by atoms with van der Waals surface area (Å²) in [6.07, 6.45) is 1.60. The maximum Gasteiger partial charge on any atom is 0.312 e. The maximum atomic E-state index is 13.6. The van der Waals surface area contributed by atoms with Crippen molar-refractivity contribution in [1.82, 2.24) is 0 Å². The van der Waals surface area contributed by atoms with Crippen LogP contribution in [0.25, 0.3) is 6.08 Å². The number of hydrogen-bond acceptors (Lipinski definition) is 9. The molecule has 1 atom stereocenters. The van der Waals surface area contributed by atoms with Crippen molar-refractivity contribution < 1.29 is 42.7 Å². The van der Waals surface area contributed by atoms with Crippen LogP contribution < -0.4 is 33.2 Å². The molecule has 3 aromatic carbocycles. The minimum atomic E-state index is -0.529. The van der Waals surface area contributed by atoms with Crippen molar-refractivity contribution in [2.24, 2.45) is 0 Å². The summed E-state index contributed by atoms with van der Waals surface area (Å²) in [4.78, 5) is 26.3. The Hall–Kier alpha value is -4.92. The molecule has 0 saturated heterocycles. The van der Waals surface area contributed by atoms with Gasteiger partial charge in [0.05, 0.1) is 40.4 Å². The highest BCUT2D eigenvalue weighted by molar-refractivity contribution is 6.15. The molecule has 0 spiro atoms. The molecule has 0 unspecified atom stereocenters. The zero-order chi connectivity index (χ0) is 29.3. The highest BCUT2D eigenvalue weighted by Crippen LogP contribution is 2.52. The van der Waals surface area contributed by atoms with Crippen molar-refractivity contribution in [3.8, 4) is 40.2 Å². The smallest absolute Gasteiger partial charge is 0.312 e. The number of methoxy groups -OCH3 is 4. The lowest BCUT2D eigenvalue weighted by atomic mass is 9.84. The molecule has 9 nitrogen and oxygen atoms in total. The first-order valence-electron chi connectivity index (χ1n) is 12.9. The highest BCUT2D eigenvalue weighted by atomic mass is 16.5. The standard InChI is InChI=1S/C32H30O9/c1-17(2)16-39-31-19(8-7-9-23(31)35-3)21-14-28(33)40-22-11-10-20-30(34)27(41-32(20)29(21)22)13-18-12-25(37-5)26(38-6)15-24(18)36-4/h7-13,15,21H,1,14,16H2,2-6H3/b27-13-/t21-/m1/s1. The number of hydrogen-bond donors (Lipinski definition) is 0. The Morgan fingerprint density at radius 3 is 2.32 bits per heavy atom. The van der Waals surface area contributed by atoms with Gasteiger partial charge < -0.3 is 33.2 Å². The van der Waals surface area contributed by atoms with Crippen LogP contribution in [0.4, 0.5) is 0 Å². The topological polar surface area (TPSA) is 98.8 Å². The lowest BCUT2D eigenvalue weighted by molar-refractivity contribution is -0.135. The molecule has 41 heavy (non-hydrogen) atoms. The summed E-state index contributed by atoms with van der Waals surface area (Å²) in [5.74, 6) is 1.87. The Kier molecular flexibility index (Phi) is 7.61. The van der Waals surface area contributed by atoms with E-state index in [1.54, 1.807) is 43.5 Å². The zero-order valence-electron chi connectivity index (χ0n) is 23.5. The summed E-state index contributed by atoms with van der Waals surface area (Å²) in [5, 5.41) is 0. The third kappa shape index (κ3) is 5.06. The lowest BCUT2D eigenvalue weighted by Crippen LogP contribution is -2.22. The van der Waals surface area contributed by atoms with E-state index in [1.807, 2.05) is 19.1 Å². The van der Waals surface area contributed by atoms with Gasteiger partial charge >= 0.3 is 5.97 Å². The summed E-state index contributed by atoms with van der Waals surface area (Å²) >= 11 is 0. The van der Waals surface area contributed by atoms with Gasteiger partial charge in [0, 0.05) is 28.7 Å². The molecule has 0 amide bonds. The number of para-hydroxylation sites is 1. The number of ketones is 1. The second-order valence-corrected chi connectivity index (χ2v) is 9.60. The number of ether oxygens (including phenoxy) is 7. The van der Waals surface area contributed by atoms with Crippen LogP contribution in [0.3, 0.4) is 0 Å².